The van der Waals surface area contributed by atoms with Gasteiger partial charge in [-0.15, -0.1) is 0 Å². The van der Waals surface area contributed by atoms with E-state index in [9.17, 15) is 18.4 Å². The summed E-state index contributed by atoms with van der Waals surface area (Å²) in [6.07, 6.45) is 0.277. The van der Waals surface area contributed by atoms with Crippen LogP contribution in [0.5, 0.6) is 0 Å². The zero-order chi connectivity index (χ0) is 22.9. The number of nitrogens with zero attached hydrogens (tertiary/aromatic N) is 1. The van der Waals surface area contributed by atoms with E-state index >= 15 is 0 Å². The van der Waals surface area contributed by atoms with E-state index in [-0.39, 0.29) is 36.9 Å². The molecule has 164 valence electrons. The molecule has 0 fully saturated rings. The zero-order valence-electron chi connectivity index (χ0n) is 17.4. The Morgan fingerprint density at radius 1 is 1.03 bits per heavy atom. The van der Waals surface area contributed by atoms with Gasteiger partial charge in [0.2, 0.25) is 5.91 Å². The van der Waals surface area contributed by atoms with Crippen molar-refractivity contribution in [1.29, 1.82) is 0 Å². The van der Waals surface area contributed by atoms with Gasteiger partial charge in [-0.25, -0.2) is 8.78 Å². The number of carbonyl (C=O) groups excluding carboxylic acids is 2. The number of hydrogen-bond donors (Lipinski definition) is 1. The molecule has 0 unspecified atom stereocenters. The molecule has 1 atom stereocenters. The van der Waals surface area contributed by atoms with Crippen molar-refractivity contribution in [2.24, 2.45) is 0 Å². The lowest BCUT2D eigenvalue weighted by atomic mass is 9.82. The number of fused-ring (bicyclic) bond motifs is 1. The Hall–Kier alpha value is -3.25. The maximum Gasteiger partial charge on any atom is 0.255 e. The van der Waals surface area contributed by atoms with E-state index in [1.54, 1.807) is 43.3 Å². The largest absolute Gasteiger partial charge is 0.350 e. The van der Waals surface area contributed by atoms with E-state index in [2.05, 4.69) is 5.32 Å². The molecule has 0 spiro atoms. The molecule has 1 aliphatic rings. The Balaban J connectivity index is 1.66. The van der Waals surface area contributed by atoms with Crippen molar-refractivity contribution in [3.8, 4) is 0 Å². The minimum absolute atomic E-state index is 0.104. The Labute approximate surface area is 189 Å². The fourth-order valence-corrected chi connectivity index (χ4v) is 4.15. The van der Waals surface area contributed by atoms with Gasteiger partial charge in [-0.2, -0.15) is 0 Å². The molecule has 0 bridgehead atoms. The van der Waals surface area contributed by atoms with Gasteiger partial charge in [-0.05, 0) is 53.9 Å². The van der Waals surface area contributed by atoms with E-state index in [1.807, 2.05) is 12.1 Å². The van der Waals surface area contributed by atoms with Gasteiger partial charge in [0.05, 0.1) is 0 Å². The Bertz CT molecular complexity index is 1160. The number of benzene rings is 3. The molecule has 0 saturated heterocycles. The summed E-state index contributed by atoms with van der Waals surface area (Å²) in [7, 11) is 0. The molecule has 4 rings (SSSR count). The first-order valence-corrected chi connectivity index (χ1v) is 10.5. The quantitative estimate of drug-likeness (QED) is 0.596. The summed E-state index contributed by atoms with van der Waals surface area (Å²) in [5, 5.41) is 3.49. The maximum absolute atomic E-state index is 13.8. The second-order valence-electron chi connectivity index (χ2n) is 8.09. The predicted molar refractivity (Wildman–Crippen MR) is 118 cm³/mol. The van der Waals surface area contributed by atoms with Gasteiger partial charge in [-0.1, -0.05) is 41.9 Å². The van der Waals surface area contributed by atoms with Gasteiger partial charge in [-0.3, -0.25) is 9.59 Å². The van der Waals surface area contributed by atoms with Crippen LogP contribution in [0.3, 0.4) is 0 Å². The fraction of sp³-hybridized carbons (Fsp3) is 0.200. The van der Waals surface area contributed by atoms with Gasteiger partial charge in [0, 0.05) is 36.2 Å². The molecule has 2 amide bonds. The molecule has 4 nitrogen and oxygen atoms in total. The first-order valence-electron chi connectivity index (χ1n) is 10.1. The second kappa shape index (κ2) is 8.71. The average Bonchev–Trinajstić information content (AvgIpc) is 2.75. The number of rotatable bonds is 5. The highest BCUT2D eigenvalue weighted by Gasteiger charge is 2.46. The average molecular weight is 455 g/mol. The lowest BCUT2D eigenvalue weighted by Crippen LogP contribution is -2.62. The third-order valence-corrected chi connectivity index (χ3v) is 5.99. The summed E-state index contributed by atoms with van der Waals surface area (Å²) in [6, 6.07) is 17.3. The number of halogens is 3. The van der Waals surface area contributed by atoms with Crippen LogP contribution in [0.4, 0.5) is 8.78 Å². The smallest absolute Gasteiger partial charge is 0.255 e. The van der Waals surface area contributed by atoms with Crippen LogP contribution in [0, 0.1) is 11.6 Å². The molecule has 0 radical (unpaired) electrons. The predicted octanol–water partition coefficient (Wildman–Crippen LogP) is 4.89. The van der Waals surface area contributed by atoms with Crippen molar-refractivity contribution in [2.75, 3.05) is 0 Å². The van der Waals surface area contributed by atoms with Crippen molar-refractivity contribution < 1.29 is 18.4 Å². The van der Waals surface area contributed by atoms with Crippen LogP contribution in [0.15, 0.2) is 66.7 Å². The Kier molecular flexibility index (Phi) is 5.98. The summed E-state index contributed by atoms with van der Waals surface area (Å²) >= 11 is 5.92. The third kappa shape index (κ3) is 4.36. The monoisotopic (exact) mass is 454 g/mol. The zero-order valence-corrected chi connectivity index (χ0v) is 18.1. The minimum Gasteiger partial charge on any atom is -0.350 e. The van der Waals surface area contributed by atoms with Gasteiger partial charge in [0.1, 0.15) is 17.2 Å². The van der Waals surface area contributed by atoms with E-state index < -0.39 is 17.2 Å². The highest BCUT2D eigenvalue weighted by Crippen LogP contribution is 2.33. The van der Waals surface area contributed by atoms with Crippen LogP contribution < -0.4 is 5.32 Å². The summed E-state index contributed by atoms with van der Waals surface area (Å²) < 4.78 is 27.5. The third-order valence-electron chi connectivity index (χ3n) is 5.74. The first kappa shape index (κ1) is 22.0. The van der Waals surface area contributed by atoms with E-state index in [0.717, 1.165) is 17.2 Å². The van der Waals surface area contributed by atoms with Gasteiger partial charge < -0.3 is 10.2 Å². The van der Waals surface area contributed by atoms with Gasteiger partial charge in [0.15, 0.2) is 0 Å². The van der Waals surface area contributed by atoms with Crippen LogP contribution in [-0.2, 0) is 24.3 Å². The van der Waals surface area contributed by atoms with Crippen molar-refractivity contribution >= 4 is 23.4 Å². The fourth-order valence-electron chi connectivity index (χ4n) is 4.03. The molecule has 7 heteroatoms. The van der Waals surface area contributed by atoms with Crippen molar-refractivity contribution in [1.82, 2.24) is 10.2 Å². The highest BCUT2D eigenvalue weighted by molar-refractivity contribution is 6.30. The first-order chi connectivity index (χ1) is 15.3. The van der Waals surface area contributed by atoms with Crippen LogP contribution in [0.25, 0.3) is 0 Å². The lowest BCUT2D eigenvalue weighted by molar-refractivity contribution is -0.132. The van der Waals surface area contributed by atoms with E-state index in [0.29, 0.717) is 10.6 Å². The molecule has 0 aromatic heterocycles. The van der Waals surface area contributed by atoms with Crippen LogP contribution in [0.1, 0.15) is 34.0 Å². The summed E-state index contributed by atoms with van der Waals surface area (Å²) in [6.45, 7) is 1.82. The molecule has 1 aliphatic heterocycles. The Morgan fingerprint density at radius 3 is 2.38 bits per heavy atom. The molecule has 1 heterocycles. The number of hydrogen-bond acceptors (Lipinski definition) is 2. The van der Waals surface area contributed by atoms with Crippen LogP contribution in [0.2, 0.25) is 5.02 Å². The summed E-state index contributed by atoms with van der Waals surface area (Å²) in [5.41, 5.74) is 1.11. The molecule has 3 aromatic rings. The van der Waals surface area contributed by atoms with Gasteiger partial charge in [0.25, 0.3) is 5.91 Å². The number of amides is 2. The van der Waals surface area contributed by atoms with Crippen molar-refractivity contribution in [3.63, 3.8) is 0 Å². The topological polar surface area (TPSA) is 49.4 Å². The lowest BCUT2D eigenvalue weighted by Gasteiger charge is -2.44. The highest BCUT2D eigenvalue weighted by atomic mass is 35.5. The second-order valence-corrected chi connectivity index (χ2v) is 8.52. The summed E-state index contributed by atoms with van der Waals surface area (Å²) in [5.74, 6) is -2.19. The van der Waals surface area contributed by atoms with E-state index in [1.165, 1.54) is 17.0 Å². The molecular formula is C25H21ClF2N2O2. The number of carbonyl (C=O) groups is 2. The van der Waals surface area contributed by atoms with E-state index in [4.69, 9.17) is 11.6 Å². The van der Waals surface area contributed by atoms with Crippen LogP contribution in [-0.4, -0.2) is 22.3 Å². The van der Waals surface area contributed by atoms with Crippen molar-refractivity contribution in [3.05, 3.63) is 106 Å². The van der Waals surface area contributed by atoms with Crippen LogP contribution >= 0.6 is 11.6 Å². The van der Waals surface area contributed by atoms with Crippen molar-refractivity contribution in [2.45, 2.75) is 32.0 Å². The normalized spacial score (nSPS) is 17.8. The molecule has 1 N–H and O–H groups in total. The SMILES string of the molecule is C[C@@]1(C(=O)NCc2ccc(Cl)cc2)Cc2ccccc2C(=O)N1Cc1cc(F)cc(F)c1. The Morgan fingerprint density at radius 2 is 1.69 bits per heavy atom. The summed E-state index contributed by atoms with van der Waals surface area (Å²) in [4.78, 5) is 28.1. The molecule has 32 heavy (non-hydrogen) atoms. The standard InChI is InChI=1S/C25H21ClF2N2O2/c1-25(24(32)29-14-16-6-8-19(26)9-7-16)13-18-4-2-3-5-22(18)23(31)30(25)15-17-10-20(27)12-21(28)11-17/h2-12H,13-15H2,1H3,(H,29,32)/t25-/m0/s1. The molecule has 3 aromatic carbocycles. The molecular weight excluding hydrogens is 434 g/mol. The minimum atomic E-state index is -1.25. The molecule has 0 saturated carbocycles. The molecule has 0 aliphatic carbocycles. The maximum atomic E-state index is 13.8. The van der Waals surface area contributed by atoms with Gasteiger partial charge >= 0.3 is 0 Å². The number of nitrogens with one attached hydrogen (secondary N) is 1.